The van der Waals surface area contributed by atoms with Gasteiger partial charge in [-0.2, -0.15) is 0 Å². The van der Waals surface area contributed by atoms with Crippen LogP contribution in [0.5, 0.6) is 0 Å². The van der Waals surface area contributed by atoms with Crippen LogP contribution in [0.2, 0.25) is 0 Å². The molecular formula is C43H41FO5. The van der Waals surface area contributed by atoms with Crippen LogP contribution < -0.4 is 0 Å². The summed E-state index contributed by atoms with van der Waals surface area (Å²) >= 11 is 0. The molecule has 0 amide bonds. The molecule has 1 aliphatic heterocycles. The van der Waals surface area contributed by atoms with E-state index in [0.717, 1.165) is 22.3 Å². The summed E-state index contributed by atoms with van der Waals surface area (Å²) in [5.41, 5.74) is 4.66. The van der Waals surface area contributed by atoms with E-state index in [9.17, 15) is 0 Å². The van der Waals surface area contributed by atoms with Gasteiger partial charge in [-0.05, 0) is 34.4 Å². The lowest BCUT2D eigenvalue weighted by Crippen LogP contribution is -2.63. The number of rotatable bonds is 14. The van der Waals surface area contributed by atoms with Gasteiger partial charge in [0, 0.05) is 5.56 Å². The summed E-state index contributed by atoms with van der Waals surface area (Å²) in [6.45, 7) is 1.33. The van der Waals surface area contributed by atoms with Crippen LogP contribution in [0.15, 0.2) is 152 Å². The average molecular weight is 657 g/mol. The summed E-state index contributed by atoms with van der Waals surface area (Å²) < 4.78 is 49.3. The second-order valence-corrected chi connectivity index (χ2v) is 12.0. The molecule has 0 aliphatic carbocycles. The first-order valence-corrected chi connectivity index (χ1v) is 16.7. The third-order valence-corrected chi connectivity index (χ3v) is 8.34. The van der Waals surface area contributed by atoms with Crippen molar-refractivity contribution in [2.24, 2.45) is 0 Å². The van der Waals surface area contributed by atoms with Crippen LogP contribution in [-0.2, 0) is 50.1 Å². The average Bonchev–Trinajstić information content (AvgIpc) is 3.17. The van der Waals surface area contributed by atoms with Gasteiger partial charge in [0.05, 0.1) is 33.0 Å². The normalized spacial score (nSPS) is 21.0. The van der Waals surface area contributed by atoms with Crippen molar-refractivity contribution in [1.29, 1.82) is 0 Å². The molecule has 49 heavy (non-hydrogen) atoms. The predicted molar refractivity (Wildman–Crippen MR) is 188 cm³/mol. The third-order valence-electron chi connectivity index (χ3n) is 8.34. The van der Waals surface area contributed by atoms with Crippen molar-refractivity contribution in [3.63, 3.8) is 0 Å². The maximum absolute atomic E-state index is 16.5. The quantitative estimate of drug-likeness (QED) is 0.113. The van der Waals surface area contributed by atoms with E-state index in [1.54, 1.807) is 0 Å². The minimum absolute atomic E-state index is 0.153. The van der Waals surface area contributed by atoms with Crippen LogP contribution in [0, 0.1) is 11.8 Å². The Morgan fingerprint density at radius 2 is 0.918 bits per heavy atom. The molecule has 1 fully saturated rings. The van der Waals surface area contributed by atoms with E-state index >= 15 is 4.39 Å². The molecule has 6 rings (SSSR count). The SMILES string of the molecule is FC(C#Cc1ccccc1)[C@@H]1O[C@H](COCc2ccccc2)[C@@H](OCc2ccccc2)[C@H](OCc2ccccc2)[C@H]1OCc1ccccc1. The molecule has 1 unspecified atom stereocenters. The molecule has 1 saturated heterocycles. The Kier molecular flexibility index (Phi) is 12.7. The summed E-state index contributed by atoms with van der Waals surface area (Å²) in [6, 6.07) is 48.9. The molecule has 0 saturated carbocycles. The highest BCUT2D eigenvalue weighted by atomic mass is 19.1. The minimum Gasteiger partial charge on any atom is -0.374 e. The summed E-state index contributed by atoms with van der Waals surface area (Å²) in [5.74, 6) is 5.79. The van der Waals surface area contributed by atoms with E-state index < -0.39 is 36.7 Å². The van der Waals surface area contributed by atoms with Crippen LogP contribution >= 0.6 is 0 Å². The number of alkyl halides is 1. The fourth-order valence-electron chi connectivity index (χ4n) is 5.82. The van der Waals surface area contributed by atoms with E-state index in [4.69, 9.17) is 23.7 Å². The molecule has 5 aromatic rings. The highest BCUT2D eigenvalue weighted by molar-refractivity contribution is 5.35. The largest absolute Gasteiger partial charge is 0.374 e. The van der Waals surface area contributed by atoms with Gasteiger partial charge in [0.2, 0.25) is 0 Å². The highest BCUT2D eigenvalue weighted by Crippen LogP contribution is 2.33. The summed E-state index contributed by atoms with van der Waals surface area (Å²) in [7, 11) is 0. The van der Waals surface area contributed by atoms with Crippen LogP contribution in [0.4, 0.5) is 4.39 Å². The molecule has 6 atom stereocenters. The first-order chi connectivity index (χ1) is 24.2. The maximum atomic E-state index is 16.5. The van der Waals surface area contributed by atoms with Crippen molar-refractivity contribution < 1.29 is 28.1 Å². The maximum Gasteiger partial charge on any atom is 0.189 e. The summed E-state index contributed by atoms with van der Waals surface area (Å²) in [4.78, 5) is 0. The second-order valence-electron chi connectivity index (χ2n) is 12.0. The summed E-state index contributed by atoms with van der Waals surface area (Å²) in [5, 5.41) is 0. The predicted octanol–water partition coefficient (Wildman–Crippen LogP) is 8.12. The zero-order valence-electron chi connectivity index (χ0n) is 27.4. The van der Waals surface area contributed by atoms with E-state index in [-0.39, 0.29) is 19.8 Å². The smallest absolute Gasteiger partial charge is 0.189 e. The van der Waals surface area contributed by atoms with Gasteiger partial charge in [0.1, 0.15) is 30.5 Å². The molecule has 1 aliphatic rings. The molecule has 5 nitrogen and oxygen atoms in total. The first kappa shape index (κ1) is 34.3. The van der Waals surface area contributed by atoms with Gasteiger partial charge in [0.25, 0.3) is 0 Å². The van der Waals surface area contributed by atoms with E-state index in [2.05, 4.69) is 11.8 Å². The monoisotopic (exact) mass is 656 g/mol. The third kappa shape index (κ3) is 10.2. The van der Waals surface area contributed by atoms with Gasteiger partial charge in [0.15, 0.2) is 6.17 Å². The van der Waals surface area contributed by atoms with Crippen LogP contribution in [-0.4, -0.2) is 43.3 Å². The molecule has 6 heteroatoms. The fraction of sp³-hybridized carbons (Fsp3) is 0.256. The standard InChI is InChI=1S/C43H41FO5/c44-38(27-26-33-16-6-1-7-17-33)40-42(47-30-36-22-12-4-13-23-36)43(48-31-37-24-14-5-15-25-37)41(46-29-35-20-10-3-11-21-35)39(49-40)32-45-28-34-18-8-2-9-19-34/h1-25,38-43H,28-32H2/t38?,39-,40+,41-,42+,43+/m1/s1. The van der Waals surface area contributed by atoms with Crippen LogP contribution in [0.3, 0.4) is 0 Å². The van der Waals surface area contributed by atoms with Gasteiger partial charge < -0.3 is 23.7 Å². The molecule has 0 spiro atoms. The van der Waals surface area contributed by atoms with Crippen molar-refractivity contribution >= 4 is 0 Å². The molecule has 0 radical (unpaired) electrons. The lowest BCUT2D eigenvalue weighted by atomic mass is 9.91. The molecule has 1 heterocycles. The molecular weight excluding hydrogens is 615 g/mol. The van der Waals surface area contributed by atoms with Gasteiger partial charge in [-0.1, -0.05) is 151 Å². The van der Waals surface area contributed by atoms with E-state index in [0.29, 0.717) is 18.8 Å². The molecule has 0 aromatic heterocycles. The fourth-order valence-corrected chi connectivity index (χ4v) is 5.82. The molecule has 250 valence electrons. The number of benzene rings is 5. The zero-order chi connectivity index (χ0) is 33.5. The number of halogens is 1. The van der Waals surface area contributed by atoms with Gasteiger partial charge in [-0.25, -0.2) is 4.39 Å². The Morgan fingerprint density at radius 3 is 1.41 bits per heavy atom. The molecule has 0 bridgehead atoms. The van der Waals surface area contributed by atoms with Crippen LogP contribution in [0.1, 0.15) is 27.8 Å². The number of hydrogen-bond acceptors (Lipinski definition) is 5. The van der Waals surface area contributed by atoms with Crippen LogP contribution in [0.25, 0.3) is 0 Å². The Labute approximate surface area is 288 Å². The van der Waals surface area contributed by atoms with E-state index in [1.165, 1.54) is 0 Å². The van der Waals surface area contributed by atoms with Crippen molar-refractivity contribution in [2.75, 3.05) is 6.61 Å². The lowest BCUT2D eigenvalue weighted by molar-refractivity contribution is -0.278. The topological polar surface area (TPSA) is 46.2 Å². The molecule has 0 N–H and O–H groups in total. The zero-order valence-corrected chi connectivity index (χ0v) is 27.4. The van der Waals surface area contributed by atoms with Gasteiger partial charge in [-0.15, -0.1) is 0 Å². The Bertz CT molecular complexity index is 1710. The van der Waals surface area contributed by atoms with Crippen molar-refractivity contribution in [3.8, 4) is 11.8 Å². The van der Waals surface area contributed by atoms with Gasteiger partial charge >= 0.3 is 0 Å². The van der Waals surface area contributed by atoms with Crippen molar-refractivity contribution in [1.82, 2.24) is 0 Å². The highest BCUT2D eigenvalue weighted by Gasteiger charge is 2.51. The lowest BCUT2D eigenvalue weighted by Gasteiger charge is -2.46. The minimum atomic E-state index is -1.68. The first-order valence-electron chi connectivity index (χ1n) is 16.7. The Hall–Kier alpha value is -4.61. The second kappa shape index (κ2) is 18.2. The van der Waals surface area contributed by atoms with Gasteiger partial charge in [-0.3, -0.25) is 0 Å². The van der Waals surface area contributed by atoms with E-state index in [1.807, 2.05) is 152 Å². The summed E-state index contributed by atoms with van der Waals surface area (Å²) in [6.07, 6.45) is -5.65. The number of hydrogen-bond donors (Lipinski definition) is 0. The molecule has 5 aromatic carbocycles. The Morgan fingerprint density at radius 1 is 0.510 bits per heavy atom. The van der Waals surface area contributed by atoms with Crippen molar-refractivity contribution in [3.05, 3.63) is 179 Å². The number of ether oxygens (including phenoxy) is 5. The Balaban J connectivity index is 1.33. The van der Waals surface area contributed by atoms with Crippen molar-refractivity contribution in [2.45, 2.75) is 63.1 Å².